The molecule has 1 aliphatic heterocycles. The first-order valence-electron chi connectivity index (χ1n) is 6.63. The van der Waals surface area contributed by atoms with Crippen molar-refractivity contribution in [3.8, 4) is 0 Å². The van der Waals surface area contributed by atoms with E-state index >= 15 is 0 Å². The molecule has 22 heavy (non-hydrogen) atoms. The Bertz CT molecular complexity index is 624. The summed E-state index contributed by atoms with van der Waals surface area (Å²) in [5, 5.41) is -0.419. The van der Waals surface area contributed by atoms with Crippen molar-refractivity contribution >= 4 is 17.7 Å². The van der Waals surface area contributed by atoms with Crippen molar-refractivity contribution < 1.29 is 22.7 Å². The second-order valence-corrected chi connectivity index (χ2v) is 6.54. The molecular weight excluding hydrogens is 321 g/mol. The highest BCUT2D eigenvalue weighted by molar-refractivity contribution is 6.32. The Balaban J connectivity index is 2.32. The summed E-state index contributed by atoms with van der Waals surface area (Å²) in [5.74, 6) is 0. The van der Waals surface area contributed by atoms with Gasteiger partial charge in [0.05, 0.1) is 23.8 Å². The molecule has 0 spiro atoms. The van der Waals surface area contributed by atoms with E-state index in [4.69, 9.17) is 16.3 Å². The van der Waals surface area contributed by atoms with Gasteiger partial charge in [-0.1, -0.05) is 11.6 Å². The number of pyridine rings is 1. The SMILES string of the molecule is Cc1c(Cl)c(C(F)(F)F)nc2c1CN(C(=O)OC(C)(C)C)C2. The van der Waals surface area contributed by atoms with Gasteiger partial charge in [0.25, 0.3) is 0 Å². The molecule has 4 nitrogen and oxygen atoms in total. The quantitative estimate of drug-likeness (QED) is 0.709. The molecule has 0 aromatic carbocycles. The first-order valence-corrected chi connectivity index (χ1v) is 7.01. The van der Waals surface area contributed by atoms with Gasteiger partial charge in [0.1, 0.15) is 5.60 Å². The molecule has 1 aliphatic rings. The Morgan fingerprint density at radius 1 is 1.27 bits per heavy atom. The molecule has 0 saturated carbocycles. The molecule has 2 heterocycles. The Hall–Kier alpha value is -1.50. The van der Waals surface area contributed by atoms with Gasteiger partial charge < -0.3 is 4.74 Å². The minimum Gasteiger partial charge on any atom is -0.444 e. The molecule has 0 radical (unpaired) electrons. The van der Waals surface area contributed by atoms with E-state index in [0.29, 0.717) is 11.1 Å². The van der Waals surface area contributed by atoms with E-state index in [1.54, 1.807) is 20.8 Å². The van der Waals surface area contributed by atoms with Crippen LogP contribution >= 0.6 is 11.6 Å². The lowest BCUT2D eigenvalue weighted by Gasteiger charge is -2.24. The molecule has 0 atom stereocenters. The van der Waals surface area contributed by atoms with Gasteiger partial charge in [-0.15, -0.1) is 0 Å². The number of amides is 1. The van der Waals surface area contributed by atoms with Crippen molar-refractivity contribution in [2.75, 3.05) is 0 Å². The van der Waals surface area contributed by atoms with E-state index < -0.39 is 28.6 Å². The molecule has 122 valence electrons. The number of aromatic nitrogens is 1. The van der Waals surface area contributed by atoms with E-state index in [9.17, 15) is 18.0 Å². The first-order chi connectivity index (χ1) is 9.90. The average Bonchev–Trinajstić information content (AvgIpc) is 2.74. The highest BCUT2D eigenvalue weighted by Gasteiger charge is 2.39. The third kappa shape index (κ3) is 3.29. The lowest BCUT2D eigenvalue weighted by Crippen LogP contribution is -2.33. The molecule has 0 bridgehead atoms. The number of carbonyl (C=O) groups is 1. The number of alkyl halides is 3. The van der Waals surface area contributed by atoms with Crippen LogP contribution in [0.1, 0.15) is 43.3 Å². The molecule has 1 aromatic heterocycles. The molecule has 1 amide bonds. The van der Waals surface area contributed by atoms with E-state index in [2.05, 4.69) is 4.98 Å². The van der Waals surface area contributed by atoms with E-state index in [1.165, 1.54) is 11.8 Å². The summed E-state index contributed by atoms with van der Waals surface area (Å²) in [7, 11) is 0. The molecular formula is C14H16ClF3N2O2. The number of hydrogen-bond acceptors (Lipinski definition) is 3. The predicted octanol–water partition coefficient (Wildman–Crippen LogP) is 4.31. The highest BCUT2D eigenvalue weighted by Crippen LogP contribution is 2.39. The maximum absolute atomic E-state index is 12.9. The zero-order valence-corrected chi connectivity index (χ0v) is 13.4. The van der Waals surface area contributed by atoms with Crippen molar-refractivity contribution in [3.63, 3.8) is 0 Å². The van der Waals surface area contributed by atoms with Gasteiger partial charge in [-0.3, -0.25) is 4.90 Å². The molecule has 0 N–H and O–H groups in total. The molecule has 1 aromatic rings. The topological polar surface area (TPSA) is 42.4 Å². The minimum atomic E-state index is -4.63. The second-order valence-electron chi connectivity index (χ2n) is 6.16. The smallest absolute Gasteiger partial charge is 0.434 e. The summed E-state index contributed by atoms with van der Waals surface area (Å²) in [4.78, 5) is 16.9. The average molecular weight is 337 g/mol. The number of fused-ring (bicyclic) bond motifs is 1. The number of carbonyl (C=O) groups excluding carboxylic acids is 1. The van der Waals surface area contributed by atoms with Crippen LogP contribution < -0.4 is 0 Å². The summed E-state index contributed by atoms with van der Waals surface area (Å²) >= 11 is 5.78. The lowest BCUT2D eigenvalue weighted by atomic mass is 10.1. The summed E-state index contributed by atoms with van der Waals surface area (Å²) in [6, 6.07) is 0. The van der Waals surface area contributed by atoms with Gasteiger partial charge in [-0.2, -0.15) is 13.2 Å². The lowest BCUT2D eigenvalue weighted by molar-refractivity contribution is -0.141. The van der Waals surface area contributed by atoms with E-state index in [1.807, 2.05) is 0 Å². The fourth-order valence-electron chi connectivity index (χ4n) is 2.19. The van der Waals surface area contributed by atoms with Gasteiger partial charge in [-0.05, 0) is 38.8 Å². The molecule has 2 rings (SSSR count). The summed E-state index contributed by atoms with van der Waals surface area (Å²) in [6.45, 7) is 6.77. The van der Waals surface area contributed by atoms with Crippen LogP contribution in [-0.4, -0.2) is 21.6 Å². The summed E-state index contributed by atoms with van der Waals surface area (Å²) < 4.78 is 44.0. The molecule has 0 aliphatic carbocycles. The van der Waals surface area contributed by atoms with Crippen LogP contribution in [0.15, 0.2) is 0 Å². The molecule has 0 saturated heterocycles. The number of halogens is 4. The summed E-state index contributed by atoms with van der Waals surface area (Å²) in [6.07, 6.45) is -5.22. The number of ether oxygens (including phenoxy) is 1. The van der Waals surface area contributed by atoms with Crippen LogP contribution in [0.2, 0.25) is 5.02 Å². The third-order valence-corrected chi connectivity index (χ3v) is 3.66. The van der Waals surface area contributed by atoms with Crippen molar-refractivity contribution in [1.82, 2.24) is 9.88 Å². The third-order valence-electron chi connectivity index (χ3n) is 3.19. The molecule has 0 fully saturated rings. The van der Waals surface area contributed by atoms with Crippen LogP contribution in [0.5, 0.6) is 0 Å². The highest BCUT2D eigenvalue weighted by atomic mass is 35.5. The van der Waals surface area contributed by atoms with Gasteiger partial charge in [0.15, 0.2) is 5.69 Å². The van der Waals surface area contributed by atoms with E-state index in [0.717, 1.165) is 0 Å². The van der Waals surface area contributed by atoms with Crippen molar-refractivity contribution in [2.24, 2.45) is 0 Å². The Labute approximate surface area is 131 Å². The van der Waals surface area contributed by atoms with Crippen molar-refractivity contribution in [3.05, 3.63) is 27.5 Å². The van der Waals surface area contributed by atoms with Crippen molar-refractivity contribution in [2.45, 2.75) is 52.6 Å². The Morgan fingerprint density at radius 3 is 2.36 bits per heavy atom. The fraction of sp³-hybridized carbons (Fsp3) is 0.571. The Kier molecular flexibility index (Phi) is 4.06. The first kappa shape index (κ1) is 16.9. The number of rotatable bonds is 0. The van der Waals surface area contributed by atoms with Gasteiger partial charge in [0.2, 0.25) is 0 Å². The van der Waals surface area contributed by atoms with Crippen LogP contribution in [0.4, 0.5) is 18.0 Å². The maximum atomic E-state index is 12.9. The zero-order chi connectivity index (χ0) is 16.9. The van der Waals surface area contributed by atoms with Crippen LogP contribution in [0.3, 0.4) is 0 Å². The maximum Gasteiger partial charge on any atom is 0.434 e. The Morgan fingerprint density at radius 2 is 1.86 bits per heavy atom. The van der Waals surface area contributed by atoms with Crippen LogP contribution in [0, 0.1) is 6.92 Å². The number of nitrogens with zero attached hydrogens (tertiary/aromatic N) is 2. The fourth-order valence-corrected chi connectivity index (χ4v) is 2.45. The second kappa shape index (κ2) is 5.30. The predicted molar refractivity (Wildman–Crippen MR) is 74.5 cm³/mol. The standard InChI is InChI=1S/C14H16ClF3N2O2/c1-7-8-5-20(12(21)22-13(2,3)4)6-9(8)19-11(10(7)15)14(16,17)18/h5-6H2,1-4H3. The van der Waals surface area contributed by atoms with Crippen LogP contribution in [-0.2, 0) is 24.0 Å². The molecule has 8 heteroatoms. The zero-order valence-electron chi connectivity index (χ0n) is 12.6. The van der Waals surface area contributed by atoms with E-state index in [-0.39, 0.29) is 18.8 Å². The van der Waals surface area contributed by atoms with Gasteiger partial charge >= 0.3 is 12.3 Å². The van der Waals surface area contributed by atoms with Gasteiger partial charge in [-0.25, -0.2) is 9.78 Å². The largest absolute Gasteiger partial charge is 0.444 e. The molecule has 0 unspecified atom stereocenters. The number of hydrogen-bond donors (Lipinski definition) is 0. The monoisotopic (exact) mass is 336 g/mol. The summed E-state index contributed by atoms with van der Waals surface area (Å²) in [5.41, 5.74) is -0.742. The van der Waals surface area contributed by atoms with Crippen LogP contribution in [0.25, 0.3) is 0 Å². The normalized spacial score (nSPS) is 15.0. The van der Waals surface area contributed by atoms with Gasteiger partial charge in [0, 0.05) is 0 Å². The van der Waals surface area contributed by atoms with Crippen molar-refractivity contribution in [1.29, 1.82) is 0 Å². The minimum absolute atomic E-state index is 0.0225.